The summed E-state index contributed by atoms with van der Waals surface area (Å²) in [6, 6.07) is 15.4. The second-order valence-corrected chi connectivity index (χ2v) is 8.28. The van der Waals surface area contributed by atoms with Gasteiger partial charge in [-0.05, 0) is 54.6 Å². The third-order valence-corrected chi connectivity index (χ3v) is 5.87. The number of rotatable bonds is 12. The molecule has 0 fully saturated rings. The number of nitrogens with one attached hydrogen (secondary N) is 1. The molecule has 1 N–H and O–H groups in total. The van der Waals surface area contributed by atoms with Crippen LogP contribution in [0.4, 0.5) is 0 Å². The molecule has 7 nitrogen and oxygen atoms in total. The lowest BCUT2D eigenvalue weighted by atomic mass is 10.0. The Morgan fingerprint density at radius 1 is 1.12 bits per heavy atom. The molecule has 2 heterocycles. The third-order valence-electron chi connectivity index (χ3n) is 5.01. The van der Waals surface area contributed by atoms with Crippen molar-refractivity contribution >= 4 is 23.2 Å². The van der Waals surface area contributed by atoms with E-state index in [4.69, 9.17) is 9.47 Å². The van der Waals surface area contributed by atoms with Crippen molar-refractivity contribution in [1.82, 2.24) is 15.2 Å². The number of amides is 2. The fraction of sp³-hybridized carbons (Fsp3) is 0.320. The molecule has 0 saturated carbocycles. The summed E-state index contributed by atoms with van der Waals surface area (Å²) in [5.74, 6) is 0.113. The van der Waals surface area contributed by atoms with Crippen molar-refractivity contribution in [2.45, 2.75) is 25.9 Å². The lowest BCUT2D eigenvalue weighted by Gasteiger charge is -2.31. The quantitative estimate of drug-likeness (QED) is 0.406. The molecule has 3 rings (SSSR count). The van der Waals surface area contributed by atoms with Gasteiger partial charge in [-0.25, -0.2) is 0 Å². The van der Waals surface area contributed by atoms with Crippen LogP contribution >= 0.6 is 11.3 Å². The van der Waals surface area contributed by atoms with E-state index in [1.54, 1.807) is 48.5 Å². The number of nitrogens with zero attached hydrogens (tertiary/aromatic N) is 2. The summed E-state index contributed by atoms with van der Waals surface area (Å²) in [5.41, 5.74) is 0.982. The number of thiophene rings is 1. The minimum absolute atomic E-state index is 0.252. The average molecular weight is 468 g/mol. The predicted molar refractivity (Wildman–Crippen MR) is 128 cm³/mol. The number of ether oxygens (including phenoxy) is 2. The lowest BCUT2D eigenvalue weighted by Crippen LogP contribution is -2.44. The smallest absolute Gasteiger partial charge is 0.273 e. The molecule has 3 aromatic rings. The first kappa shape index (κ1) is 24.4. The normalized spacial score (nSPS) is 11.6. The molecule has 0 aliphatic rings. The molecule has 1 atom stereocenters. The summed E-state index contributed by atoms with van der Waals surface area (Å²) >= 11 is 1.54. The van der Waals surface area contributed by atoms with Gasteiger partial charge in [0.25, 0.3) is 5.91 Å². The zero-order chi connectivity index (χ0) is 23.5. The first-order chi connectivity index (χ1) is 16.1. The summed E-state index contributed by atoms with van der Waals surface area (Å²) in [7, 11) is 1.59. The van der Waals surface area contributed by atoms with Gasteiger partial charge in [-0.1, -0.05) is 24.3 Å². The van der Waals surface area contributed by atoms with Crippen LogP contribution in [0.15, 0.2) is 66.2 Å². The standard InChI is InChI=1S/C25H29N3O4S/c1-3-32-16-7-15-27-24(29)23(19-10-12-20(31-2)13-11-19)28(18-21-8-6-17-33-21)25(30)22-9-4-5-14-26-22/h4-6,8-14,17,23H,3,7,15-16,18H2,1-2H3,(H,27,29)/t23-/m1/s1. The van der Waals surface area contributed by atoms with Crippen molar-refractivity contribution in [2.75, 3.05) is 26.9 Å². The van der Waals surface area contributed by atoms with Crippen LogP contribution in [0.1, 0.15) is 40.3 Å². The molecule has 2 aromatic heterocycles. The molecule has 0 aliphatic heterocycles. The molecule has 8 heteroatoms. The minimum atomic E-state index is -0.834. The van der Waals surface area contributed by atoms with Crippen LogP contribution in [0.2, 0.25) is 0 Å². The Hall–Kier alpha value is -3.23. The molecule has 0 aliphatic carbocycles. The van der Waals surface area contributed by atoms with Gasteiger partial charge in [0.05, 0.1) is 13.7 Å². The van der Waals surface area contributed by atoms with Crippen LogP contribution in [0, 0.1) is 0 Å². The number of pyridine rings is 1. The molecule has 0 spiro atoms. The zero-order valence-electron chi connectivity index (χ0n) is 18.9. The number of carbonyl (C=O) groups is 2. The van der Waals surface area contributed by atoms with Gasteiger partial charge in [0.1, 0.15) is 17.5 Å². The maximum absolute atomic E-state index is 13.6. The SMILES string of the molecule is CCOCCCNC(=O)[C@@H](c1ccc(OC)cc1)N(Cc1cccs1)C(=O)c1ccccn1. The Bertz CT molecular complexity index is 994. The van der Waals surface area contributed by atoms with E-state index in [1.807, 2.05) is 36.6 Å². The molecule has 0 bridgehead atoms. The summed E-state index contributed by atoms with van der Waals surface area (Å²) in [6.45, 7) is 3.88. The average Bonchev–Trinajstić information content (AvgIpc) is 3.37. The van der Waals surface area contributed by atoms with Crippen LogP contribution < -0.4 is 10.1 Å². The fourth-order valence-electron chi connectivity index (χ4n) is 3.37. The summed E-state index contributed by atoms with van der Waals surface area (Å²) < 4.78 is 10.6. The van der Waals surface area contributed by atoms with Gasteiger partial charge in [-0.3, -0.25) is 14.6 Å². The molecule has 0 radical (unpaired) electrons. The molecule has 0 unspecified atom stereocenters. The van der Waals surface area contributed by atoms with Crippen molar-refractivity contribution in [3.8, 4) is 5.75 Å². The predicted octanol–water partition coefficient (Wildman–Crippen LogP) is 4.08. The number of methoxy groups -OCH3 is 1. The van der Waals surface area contributed by atoms with E-state index in [0.717, 1.165) is 4.88 Å². The maximum atomic E-state index is 13.6. The van der Waals surface area contributed by atoms with Gasteiger partial charge in [0.2, 0.25) is 5.91 Å². The van der Waals surface area contributed by atoms with E-state index < -0.39 is 6.04 Å². The highest BCUT2D eigenvalue weighted by atomic mass is 32.1. The van der Waals surface area contributed by atoms with Crippen LogP contribution in [0.25, 0.3) is 0 Å². The summed E-state index contributed by atoms with van der Waals surface area (Å²) in [5, 5.41) is 4.93. The molecule has 33 heavy (non-hydrogen) atoms. The van der Waals surface area contributed by atoms with Crippen molar-refractivity contribution < 1.29 is 19.1 Å². The van der Waals surface area contributed by atoms with E-state index in [9.17, 15) is 9.59 Å². The highest BCUT2D eigenvalue weighted by Crippen LogP contribution is 2.28. The van der Waals surface area contributed by atoms with E-state index in [-0.39, 0.29) is 24.1 Å². The Labute approximate surface area is 198 Å². The summed E-state index contributed by atoms with van der Waals surface area (Å²) in [4.78, 5) is 33.8. The molecular weight excluding hydrogens is 438 g/mol. The number of benzene rings is 1. The van der Waals surface area contributed by atoms with Crippen LogP contribution in [-0.4, -0.2) is 48.6 Å². The monoisotopic (exact) mass is 467 g/mol. The Morgan fingerprint density at radius 2 is 1.94 bits per heavy atom. The molecular formula is C25H29N3O4S. The van der Waals surface area contributed by atoms with Crippen molar-refractivity contribution in [3.63, 3.8) is 0 Å². The van der Waals surface area contributed by atoms with Gasteiger partial charge in [0, 0.05) is 30.8 Å². The van der Waals surface area contributed by atoms with Gasteiger partial charge < -0.3 is 19.7 Å². The van der Waals surface area contributed by atoms with Crippen molar-refractivity contribution in [3.05, 3.63) is 82.3 Å². The van der Waals surface area contributed by atoms with E-state index in [2.05, 4.69) is 10.3 Å². The van der Waals surface area contributed by atoms with Crippen LogP contribution in [0.5, 0.6) is 5.75 Å². The van der Waals surface area contributed by atoms with Crippen molar-refractivity contribution in [1.29, 1.82) is 0 Å². The van der Waals surface area contributed by atoms with Gasteiger partial charge in [-0.15, -0.1) is 11.3 Å². The van der Waals surface area contributed by atoms with E-state index >= 15 is 0 Å². The summed E-state index contributed by atoms with van der Waals surface area (Å²) in [6.07, 6.45) is 2.26. The maximum Gasteiger partial charge on any atom is 0.273 e. The first-order valence-corrected chi connectivity index (χ1v) is 11.8. The van der Waals surface area contributed by atoms with Gasteiger partial charge >= 0.3 is 0 Å². The second-order valence-electron chi connectivity index (χ2n) is 7.24. The van der Waals surface area contributed by atoms with Gasteiger partial charge in [-0.2, -0.15) is 0 Å². The topological polar surface area (TPSA) is 80.8 Å². The number of carbonyl (C=O) groups excluding carboxylic acids is 2. The first-order valence-electron chi connectivity index (χ1n) is 10.9. The van der Waals surface area contributed by atoms with Gasteiger partial charge in [0.15, 0.2) is 0 Å². The van der Waals surface area contributed by atoms with Crippen LogP contribution in [0.3, 0.4) is 0 Å². The minimum Gasteiger partial charge on any atom is -0.497 e. The number of aromatic nitrogens is 1. The van der Waals surface area contributed by atoms with E-state index in [1.165, 1.54) is 11.3 Å². The lowest BCUT2D eigenvalue weighted by molar-refractivity contribution is -0.126. The zero-order valence-corrected chi connectivity index (χ0v) is 19.7. The number of hydrogen-bond acceptors (Lipinski definition) is 6. The Morgan fingerprint density at radius 3 is 2.58 bits per heavy atom. The molecule has 0 saturated heterocycles. The number of hydrogen-bond donors (Lipinski definition) is 1. The van der Waals surface area contributed by atoms with Crippen LogP contribution in [-0.2, 0) is 16.1 Å². The highest BCUT2D eigenvalue weighted by Gasteiger charge is 2.33. The Balaban J connectivity index is 1.94. The molecule has 1 aromatic carbocycles. The largest absolute Gasteiger partial charge is 0.497 e. The molecule has 2 amide bonds. The van der Waals surface area contributed by atoms with E-state index in [0.29, 0.717) is 37.5 Å². The Kier molecular flexibility index (Phi) is 9.41. The highest BCUT2D eigenvalue weighted by molar-refractivity contribution is 7.09. The third kappa shape index (κ3) is 6.87. The fourth-order valence-corrected chi connectivity index (χ4v) is 4.08. The van der Waals surface area contributed by atoms with Crippen molar-refractivity contribution in [2.24, 2.45) is 0 Å². The molecule has 174 valence electrons. The second kappa shape index (κ2) is 12.7.